The Bertz CT molecular complexity index is 447. The summed E-state index contributed by atoms with van der Waals surface area (Å²) in [5.41, 5.74) is 9.66. The Morgan fingerprint density at radius 3 is 2.89 bits per heavy atom. The Morgan fingerprint density at radius 2 is 2.22 bits per heavy atom. The molecule has 1 aliphatic heterocycles. The smallest absolute Gasteiger partial charge is 0.120 e. The van der Waals surface area contributed by atoms with Crippen LogP contribution >= 0.6 is 12.2 Å². The van der Waals surface area contributed by atoms with Crippen molar-refractivity contribution in [3.63, 3.8) is 0 Å². The number of ether oxygens (including phenoxy) is 1. The highest BCUT2D eigenvalue weighted by Crippen LogP contribution is 2.14. The van der Waals surface area contributed by atoms with E-state index in [1.54, 1.807) is 0 Å². The minimum atomic E-state index is -0.0969. The van der Waals surface area contributed by atoms with Crippen LogP contribution in [-0.4, -0.2) is 35.7 Å². The quantitative estimate of drug-likeness (QED) is 0.845. The largest absolute Gasteiger partial charge is 0.391 e. The first kappa shape index (κ1) is 13.5. The fraction of sp³-hybridized carbons (Fsp3) is 0.500. The molecule has 1 unspecified atom stereocenters. The van der Waals surface area contributed by atoms with E-state index in [1.807, 2.05) is 0 Å². The molecule has 0 bridgehead atoms. The maximum absolute atomic E-state index is 5.65. The zero-order valence-corrected chi connectivity index (χ0v) is 11.8. The number of nitrogens with zero attached hydrogens (tertiary/aromatic N) is 1. The van der Waals surface area contributed by atoms with Gasteiger partial charge in [-0.25, -0.2) is 0 Å². The lowest BCUT2D eigenvalue weighted by atomic mass is 10.1. The van der Waals surface area contributed by atoms with Crippen LogP contribution in [0.3, 0.4) is 0 Å². The average molecular weight is 264 g/mol. The van der Waals surface area contributed by atoms with E-state index in [2.05, 4.69) is 36.9 Å². The second-order valence-electron chi connectivity index (χ2n) is 4.92. The van der Waals surface area contributed by atoms with Crippen molar-refractivity contribution in [2.24, 2.45) is 5.73 Å². The van der Waals surface area contributed by atoms with Gasteiger partial charge in [0.2, 0.25) is 0 Å². The van der Waals surface area contributed by atoms with Crippen molar-refractivity contribution in [2.45, 2.75) is 26.5 Å². The summed E-state index contributed by atoms with van der Waals surface area (Å²) >= 11 is 5.00. The molecule has 1 saturated heterocycles. The normalized spacial score (nSPS) is 20.9. The third kappa shape index (κ3) is 3.28. The van der Waals surface area contributed by atoms with E-state index in [4.69, 9.17) is 22.7 Å². The highest BCUT2D eigenvalue weighted by molar-refractivity contribution is 7.80. The van der Waals surface area contributed by atoms with Gasteiger partial charge in [0.05, 0.1) is 6.61 Å². The molecule has 0 aromatic heterocycles. The molecule has 4 heteroatoms. The van der Waals surface area contributed by atoms with Gasteiger partial charge in [-0.05, 0) is 30.5 Å². The summed E-state index contributed by atoms with van der Waals surface area (Å²) < 4.78 is 5.54. The van der Waals surface area contributed by atoms with Crippen LogP contribution < -0.4 is 5.73 Å². The van der Waals surface area contributed by atoms with Crippen molar-refractivity contribution >= 4 is 17.2 Å². The lowest BCUT2D eigenvalue weighted by Crippen LogP contribution is -2.47. The molecule has 2 rings (SSSR count). The highest BCUT2D eigenvalue weighted by atomic mass is 32.1. The molecule has 0 saturated carbocycles. The first-order valence-corrected chi connectivity index (χ1v) is 6.66. The first-order chi connectivity index (χ1) is 8.56. The van der Waals surface area contributed by atoms with Crippen molar-refractivity contribution in [3.8, 4) is 0 Å². The summed E-state index contributed by atoms with van der Waals surface area (Å²) in [4.78, 5) is 2.80. The first-order valence-electron chi connectivity index (χ1n) is 6.25. The van der Waals surface area contributed by atoms with Gasteiger partial charge in [-0.1, -0.05) is 30.4 Å². The van der Waals surface area contributed by atoms with Gasteiger partial charge >= 0.3 is 0 Å². The predicted molar refractivity (Wildman–Crippen MR) is 77.7 cm³/mol. The Balaban J connectivity index is 2.00. The van der Waals surface area contributed by atoms with Crippen LogP contribution in [-0.2, 0) is 11.3 Å². The van der Waals surface area contributed by atoms with Crippen molar-refractivity contribution in [1.82, 2.24) is 4.90 Å². The molecule has 1 atom stereocenters. The van der Waals surface area contributed by atoms with Crippen LogP contribution in [0.15, 0.2) is 18.2 Å². The summed E-state index contributed by atoms with van der Waals surface area (Å²) in [5.74, 6) is 0. The molecule has 0 aliphatic carbocycles. The Hall–Kier alpha value is -0.970. The van der Waals surface area contributed by atoms with Crippen LogP contribution in [0, 0.1) is 13.8 Å². The van der Waals surface area contributed by atoms with E-state index in [0.717, 1.165) is 19.6 Å². The fourth-order valence-electron chi connectivity index (χ4n) is 2.18. The number of morpholine rings is 1. The van der Waals surface area contributed by atoms with Gasteiger partial charge in [0.1, 0.15) is 11.1 Å². The standard InChI is InChI=1S/C14H20N2OS/c1-10-3-4-12(7-11(10)2)8-16-5-6-17-13(9-16)14(15)18/h3-4,7,13H,5-6,8-9H2,1-2H3,(H2,15,18). The number of benzene rings is 1. The molecule has 1 aliphatic rings. The van der Waals surface area contributed by atoms with Gasteiger partial charge in [-0.2, -0.15) is 0 Å². The number of hydrogen-bond donors (Lipinski definition) is 1. The van der Waals surface area contributed by atoms with Crippen molar-refractivity contribution < 1.29 is 4.74 Å². The van der Waals surface area contributed by atoms with E-state index in [0.29, 0.717) is 11.6 Å². The molecule has 1 aromatic rings. The Morgan fingerprint density at radius 1 is 1.44 bits per heavy atom. The minimum absolute atomic E-state index is 0.0969. The molecule has 2 N–H and O–H groups in total. The molecule has 1 fully saturated rings. The number of aryl methyl sites for hydroxylation is 2. The monoisotopic (exact) mass is 264 g/mol. The zero-order valence-electron chi connectivity index (χ0n) is 11.0. The summed E-state index contributed by atoms with van der Waals surface area (Å²) in [6.45, 7) is 7.65. The maximum atomic E-state index is 5.65. The van der Waals surface area contributed by atoms with Crippen LogP contribution in [0.2, 0.25) is 0 Å². The highest BCUT2D eigenvalue weighted by Gasteiger charge is 2.22. The fourth-order valence-corrected chi connectivity index (χ4v) is 2.32. The van der Waals surface area contributed by atoms with Gasteiger partial charge in [-0.3, -0.25) is 4.90 Å². The van der Waals surface area contributed by atoms with Crippen LogP contribution in [0.5, 0.6) is 0 Å². The minimum Gasteiger partial charge on any atom is -0.391 e. The third-order valence-corrected chi connectivity index (χ3v) is 3.71. The van der Waals surface area contributed by atoms with Gasteiger partial charge in [0.25, 0.3) is 0 Å². The van der Waals surface area contributed by atoms with Crippen molar-refractivity contribution in [3.05, 3.63) is 34.9 Å². The predicted octanol–water partition coefficient (Wildman–Crippen LogP) is 1.79. The van der Waals surface area contributed by atoms with Crippen LogP contribution in [0.1, 0.15) is 16.7 Å². The second kappa shape index (κ2) is 5.78. The van der Waals surface area contributed by atoms with Crippen LogP contribution in [0.25, 0.3) is 0 Å². The van der Waals surface area contributed by atoms with E-state index < -0.39 is 0 Å². The summed E-state index contributed by atoms with van der Waals surface area (Å²) in [5, 5.41) is 0. The molecule has 3 nitrogen and oxygen atoms in total. The molecule has 98 valence electrons. The Labute approximate surface area is 114 Å². The Kier molecular flexibility index (Phi) is 4.32. The molecule has 1 heterocycles. The third-order valence-electron chi connectivity index (χ3n) is 3.45. The van der Waals surface area contributed by atoms with Gasteiger partial charge in [-0.15, -0.1) is 0 Å². The molecular weight excluding hydrogens is 244 g/mol. The molecule has 0 radical (unpaired) electrons. The van der Waals surface area contributed by atoms with Crippen LogP contribution in [0.4, 0.5) is 0 Å². The lowest BCUT2D eigenvalue weighted by molar-refractivity contribution is 0.00390. The van der Waals surface area contributed by atoms with E-state index in [1.165, 1.54) is 16.7 Å². The van der Waals surface area contributed by atoms with E-state index in [9.17, 15) is 0 Å². The maximum Gasteiger partial charge on any atom is 0.120 e. The van der Waals surface area contributed by atoms with Gasteiger partial charge in [0.15, 0.2) is 0 Å². The van der Waals surface area contributed by atoms with E-state index in [-0.39, 0.29) is 6.10 Å². The summed E-state index contributed by atoms with van der Waals surface area (Å²) in [6, 6.07) is 6.62. The van der Waals surface area contributed by atoms with Gasteiger partial charge in [0, 0.05) is 19.6 Å². The summed E-state index contributed by atoms with van der Waals surface area (Å²) in [6.07, 6.45) is -0.0969. The second-order valence-corrected chi connectivity index (χ2v) is 5.39. The van der Waals surface area contributed by atoms with Crippen molar-refractivity contribution in [1.29, 1.82) is 0 Å². The average Bonchev–Trinajstić information content (AvgIpc) is 2.34. The van der Waals surface area contributed by atoms with E-state index >= 15 is 0 Å². The number of thiocarbonyl (C=S) groups is 1. The topological polar surface area (TPSA) is 38.5 Å². The number of hydrogen-bond acceptors (Lipinski definition) is 3. The molecule has 0 spiro atoms. The molecule has 1 aromatic carbocycles. The summed E-state index contributed by atoms with van der Waals surface area (Å²) in [7, 11) is 0. The zero-order chi connectivity index (χ0) is 13.1. The number of nitrogens with two attached hydrogens (primary N) is 1. The van der Waals surface area contributed by atoms with Gasteiger partial charge < -0.3 is 10.5 Å². The lowest BCUT2D eigenvalue weighted by Gasteiger charge is -2.32. The molecular formula is C14H20N2OS. The molecule has 0 amide bonds. The van der Waals surface area contributed by atoms with Crippen molar-refractivity contribution in [2.75, 3.05) is 19.7 Å². The molecule has 18 heavy (non-hydrogen) atoms. The SMILES string of the molecule is Cc1ccc(CN2CCOC(C(N)=S)C2)cc1C. The number of rotatable bonds is 3.